The lowest BCUT2D eigenvalue weighted by molar-refractivity contribution is 0.293. The van der Waals surface area contributed by atoms with E-state index in [2.05, 4.69) is 25.9 Å². The molecule has 0 spiro atoms. The van der Waals surface area contributed by atoms with Gasteiger partial charge in [-0.2, -0.15) is 5.10 Å². The quantitative estimate of drug-likeness (QED) is 0.841. The van der Waals surface area contributed by atoms with Crippen LogP contribution in [0.4, 0.5) is 0 Å². The van der Waals surface area contributed by atoms with Gasteiger partial charge in [-0.3, -0.25) is 4.68 Å². The maximum absolute atomic E-state index is 6.13. The van der Waals surface area contributed by atoms with Crippen molar-refractivity contribution in [3.8, 4) is 5.75 Å². The van der Waals surface area contributed by atoms with Crippen molar-refractivity contribution in [3.63, 3.8) is 0 Å². The largest absolute Gasteiger partial charge is 0.487 e. The summed E-state index contributed by atoms with van der Waals surface area (Å²) in [6, 6.07) is 10.4. The van der Waals surface area contributed by atoms with Gasteiger partial charge in [0.2, 0.25) is 0 Å². The van der Waals surface area contributed by atoms with Crippen molar-refractivity contribution < 1.29 is 4.74 Å². The Morgan fingerprint density at radius 3 is 2.67 bits per heavy atom. The molecular formula is C17H25N3O. The molecule has 21 heavy (non-hydrogen) atoms. The van der Waals surface area contributed by atoms with E-state index >= 15 is 0 Å². The van der Waals surface area contributed by atoms with E-state index in [1.165, 1.54) is 0 Å². The molecule has 2 aromatic rings. The Kier molecular flexibility index (Phi) is 5.39. The molecule has 1 unspecified atom stereocenters. The Hall–Kier alpha value is -1.81. The van der Waals surface area contributed by atoms with Gasteiger partial charge >= 0.3 is 0 Å². The molecule has 0 bridgehead atoms. The molecule has 0 aliphatic rings. The molecule has 0 aliphatic heterocycles. The van der Waals surface area contributed by atoms with Gasteiger partial charge in [0.1, 0.15) is 12.4 Å². The molecule has 1 heterocycles. The highest BCUT2D eigenvalue weighted by Crippen LogP contribution is 2.26. The number of nitrogens with two attached hydrogens (primary N) is 1. The third-order valence-corrected chi connectivity index (χ3v) is 3.84. The van der Waals surface area contributed by atoms with Gasteiger partial charge in [-0.05, 0) is 31.9 Å². The molecule has 1 aromatic heterocycles. The minimum absolute atomic E-state index is 0.0128. The molecule has 0 saturated carbocycles. The number of hydrogen-bond acceptors (Lipinski definition) is 3. The third-order valence-electron chi connectivity index (χ3n) is 3.84. The maximum atomic E-state index is 6.13. The predicted octanol–water partition coefficient (Wildman–Crippen LogP) is 3.84. The van der Waals surface area contributed by atoms with Crippen molar-refractivity contribution in [1.29, 1.82) is 0 Å². The van der Waals surface area contributed by atoms with E-state index in [4.69, 9.17) is 10.5 Å². The lowest BCUT2D eigenvalue weighted by Gasteiger charge is -2.15. The average molecular weight is 287 g/mol. The molecule has 0 radical (unpaired) electrons. The molecule has 0 fully saturated rings. The second kappa shape index (κ2) is 7.27. The molecule has 114 valence electrons. The van der Waals surface area contributed by atoms with Gasteiger partial charge in [-0.25, -0.2) is 0 Å². The predicted molar refractivity (Wildman–Crippen MR) is 85.2 cm³/mol. The summed E-state index contributed by atoms with van der Waals surface area (Å²) in [7, 11) is 0. The summed E-state index contributed by atoms with van der Waals surface area (Å²) in [5.41, 5.74) is 8.12. The van der Waals surface area contributed by atoms with Gasteiger partial charge < -0.3 is 10.5 Å². The van der Waals surface area contributed by atoms with Crippen molar-refractivity contribution in [2.45, 2.75) is 52.3 Å². The Labute approximate surface area is 126 Å². The van der Waals surface area contributed by atoms with Crippen molar-refractivity contribution in [2.75, 3.05) is 0 Å². The van der Waals surface area contributed by atoms with Crippen LogP contribution in [-0.2, 0) is 6.61 Å². The first-order valence-corrected chi connectivity index (χ1v) is 7.67. The zero-order chi connectivity index (χ0) is 15.2. The summed E-state index contributed by atoms with van der Waals surface area (Å²) in [6.07, 6.45) is 3.97. The van der Waals surface area contributed by atoms with Crippen LogP contribution in [0.1, 0.15) is 57.0 Å². The van der Waals surface area contributed by atoms with Crippen LogP contribution < -0.4 is 10.5 Å². The van der Waals surface area contributed by atoms with E-state index in [1.807, 2.05) is 41.2 Å². The summed E-state index contributed by atoms with van der Waals surface area (Å²) in [4.78, 5) is 0. The summed E-state index contributed by atoms with van der Waals surface area (Å²) >= 11 is 0. The van der Waals surface area contributed by atoms with Gasteiger partial charge in [0.25, 0.3) is 0 Å². The van der Waals surface area contributed by atoms with Gasteiger partial charge in [-0.1, -0.05) is 32.0 Å². The number of para-hydroxylation sites is 1. The normalized spacial score (nSPS) is 13.9. The van der Waals surface area contributed by atoms with E-state index in [0.717, 1.165) is 29.8 Å². The highest BCUT2D eigenvalue weighted by molar-refractivity contribution is 5.35. The first-order chi connectivity index (χ1) is 10.2. The fraction of sp³-hybridized carbons (Fsp3) is 0.471. The zero-order valence-corrected chi connectivity index (χ0v) is 13.1. The van der Waals surface area contributed by atoms with Crippen LogP contribution in [0.15, 0.2) is 36.5 Å². The van der Waals surface area contributed by atoms with E-state index < -0.39 is 0 Å². The molecule has 0 aliphatic carbocycles. The van der Waals surface area contributed by atoms with Crippen molar-refractivity contribution >= 4 is 0 Å². The summed E-state index contributed by atoms with van der Waals surface area (Å²) in [5.74, 6) is 0.852. The number of aromatic nitrogens is 2. The monoisotopic (exact) mass is 287 g/mol. The fourth-order valence-corrected chi connectivity index (χ4v) is 2.18. The minimum Gasteiger partial charge on any atom is -0.487 e. The van der Waals surface area contributed by atoms with E-state index in [9.17, 15) is 0 Å². The smallest absolute Gasteiger partial charge is 0.132 e. The van der Waals surface area contributed by atoms with Crippen molar-refractivity contribution in [3.05, 3.63) is 47.8 Å². The Balaban J connectivity index is 2.05. The van der Waals surface area contributed by atoms with Gasteiger partial charge in [0, 0.05) is 23.8 Å². The molecule has 2 rings (SSSR count). The molecule has 1 aromatic carbocycles. The number of hydrogen-bond donors (Lipinski definition) is 1. The van der Waals surface area contributed by atoms with Crippen LogP contribution in [0.2, 0.25) is 0 Å². The minimum atomic E-state index is 0.0128. The Morgan fingerprint density at radius 2 is 1.95 bits per heavy atom. The highest BCUT2D eigenvalue weighted by atomic mass is 16.5. The molecule has 2 N–H and O–H groups in total. The number of ether oxygens (including phenoxy) is 1. The average Bonchev–Trinajstić information content (AvgIpc) is 3.00. The van der Waals surface area contributed by atoms with E-state index in [0.29, 0.717) is 12.6 Å². The van der Waals surface area contributed by atoms with Gasteiger partial charge in [0.15, 0.2) is 0 Å². The number of rotatable bonds is 7. The second-order valence-electron chi connectivity index (χ2n) is 5.39. The van der Waals surface area contributed by atoms with Crippen LogP contribution in [-0.4, -0.2) is 9.78 Å². The van der Waals surface area contributed by atoms with E-state index in [-0.39, 0.29) is 6.04 Å². The summed E-state index contributed by atoms with van der Waals surface area (Å²) in [5, 5.41) is 4.55. The Bertz CT molecular complexity index is 565. The fourth-order valence-electron chi connectivity index (χ4n) is 2.18. The van der Waals surface area contributed by atoms with Gasteiger partial charge in [-0.15, -0.1) is 0 Å². The summed E-state index contributed by atoms with van der Waals surface area (Å²) < 4.78 is 7.91. The van der Waals surface area contributed by atoms with Crippen LogP contribution >= 0.6 is 0 Å². The lowest BCUT2D eigenvalue weighted by atomic mass is 10.0. The Morgan fingerprint density at radius 1 is 1.19 bits per heavy atom. The lowest BCUT2D eigenvalue weighted by Crippen LogP contribution is -2.11. The van der Waals surface area contributed by atoms with Crippen LogP contribution in [0.25, 0.3) is 0 Å². The van der Waals surface area contributed by atoms with Crippen molar-refractivity contribution in [2.24, 2.45) is 5.73 Å². The molecule has 2 atom stereocenters. The highest BCUT2D eigenvalue weighted by Gasteiger charge is 2.11. The first-order valence-electron chi connectivity index (χ1n) is 7.67. The number of nitrogens with zero attached hydrogens (tertiary/aromatic N) is 2. The first kappa shape index (κ1) is 15.6. The van der Waals surface area contributed by atoms with E-state index in [1.54, 1.807) is 0 Å². The molecular weight excluding hydrogens is 262 g/mol. The van der Waals surface area contributed by atoms with Crippen LogP contribution in [0.3, 0.4) is 0 Å². The van der Waals surface area contributed by atoms with Crippen molar-refractivity contribution in [1.82, 2.24) is 9.78 Å². The number of benzene rings is 1. The molecule has 4 heteroatoms. The standard InChI is InChI=1S/C17H25N3O/c1-4-13(3)20-11-10-14(19-20)12-21-17-9-7-6-8-15(17)16(18)5-2/h6-11,13,16H,4-5,12,18H2,1-3H3/t13?,16-/m0/s1. The molecule has 0 saturated heterocycles. The van der Waals surface area contributed by atoms with Crippen LogP contribution in [0.5, 0.6) is 5.75 Å². The third kappa shape index (κ3) is 3.85. The maximum Gasteiger partial charge on any atom is 0.132 e. The molecule has 4 nitrogen and oxygen atoms in total. The molecule has 0 amide bonds. The second-order valence-corrected chi connectivity index (χ2v) is 5.39. The summed E-state index contributed by atoms with van der Waals surface area (Å²) in [6.45, 7) is 6.87. The zero-order valence-electron chi connectivity index (χ0n) is 13.1. The van der Waals surface area contributed by atoms with Crippen LogP contribution in [0, 0.1) is 0 Å². The topological polar surface area (TPSA) is 53.1 Å². The SMILES string of the molecule is CCC(C)n1ccc(COc2ccccc2[C@@H](N)CC)n1. The van der Waals surface area contributed by atoms with Gasteiger partial charge in [0.05, 0.1) is 5.69 Å².